The molecule has 0 aliphatic heterocycles. The van der Waals surface area contributed by atoms with E-state index in [2.05, 4.69) is 5.32 Å². The Labute approximate surface area is 94.0 Å². The molecule has 0 atom stereocenters. The van der Waals surface area contributed by atoms with Crippen molar-refractivity contribution in [3.8, 4) is 5.75 Å². The number of carboxylic acid groups (broad SMARTS) is 1. The number of hydrogen-bond donors (Lipinski definition) is 2. The number of methoxy groups -OCH3 is 1. The van der Waals surface area contributed by atoms with Gasteiger partial charge in [-0.15, -0.1) is 0 Å². The van der Waals surface area contributed by atoms with Crippen LogP contribution in [0.5, 0.6) is 5.75 Å². The normalized spacial score (nSPS) is 9.88. The van der Waals surface area contributed by atoms with Gasteiger partial charge in [-0.3, -0.25) is 5.32 Å². The summed E-state index contributed by atoms with van der Waals surface area (Å²) in [6.07, 6.45) is -1.09. The van der Waals surface area contributed by atoms with Gasteiger partial charge < -0.3 is 14.6 Å². The van der Waals surface area contributed by atoms with E-state index in [4.69, 9.17) is 14.6 Å². The minimum Gasteiger partial charge on any atom is -0.494 e. The topological polar surface area (TPSA) is 67.8 Å². The Balaban J connectivity index is 2.92. The predicted molar refractivity (Wildman–Crippen MR) is 60.0 cm³/mol. The van der Waals surface area contributed by atoms with E-state index in [0.29, 0.717) is 24.7 Å². The summed E-state index contributed by atoms with van der Waals surface area (Å²) in [7, 11) is 1.58. The van der Waals surface area contributed by atoms with Crippen LogP contribution in [0.15, 0.2) is 18.2 Å². The molecule has 0 fully saturated rings. The molecule has 1 aromatic rings. The third kappa shape index (κ3) is 3.43. The summed E-state index contributed by atoms with van der Waals surface area (Å²) in [6.45, 7) is 2.83. The van der Waals surface area contributed by atoms with Gasteiger partial charge in [-0.05, 0) is 25.1 Å². The second-order valence-corrected chi connectivity index (χ2v) is 3.12. The van der Waals surface area contributed by atoms with Crippen LogP contribution in [-0.2, 0) is 11.3 Å². The first kappa shape index (κ1) is 12.3. The van der Waals surface area contributed by atoms with Crippen LogP contribution in [0.4, 0.5) is 10.5 Å². The maximum absolute atomic E-state index is 10.5. The fourth-order valence-corrected chi connectivity index (χ4v) is 1.35. The van der Waals surface area contributed by atoms with Crippen LogP contribution in [0.3, 0.4) is 0 Å². The number of amides is 1. The molecule has 0 aliphatic rings. The first-order valence-corrected chi connectivity index (χ1v) is 4.92. The fraction of sp³-hybridized carbons (Fsp3) is 0.364. The average Bonchev–Trinajstić information content (AvgIpc) is 2.21. The van der Waals surface area contributed by atoms with E-state index in [0.717, 1.165) is 5.56 Å². The molecule has 0 saturated heterocycles. The van der Waals surface area contributed by atoms with Crippen LogP contribution in [0, 0.1) is 0 Å². The Morgan fingerprint density at radius 2 is 2.25 bits per heavy atom. The summed E-state index contributed by atoms with van der Waals surface area (Å²) < 4.78 is 10.4. The SMILES string of the molecule is CCOc1ccc(NC(=O)O)cc1COC. The van der Waals surface area contributed by atoms with Gasteiger partial charge in [0.2, 0.25) is 0 Å². The quantitative estimate of drug-likeness (QED) is 0.807. The Morgan fingerprint density at radius 3 is 2.81 bits per heavy atom. The Kier molecular flexibility index (Phi) is 4.60. The van der Waals surface area contributed by atoms with Crippen LogP contribution in [0.1, 0.15) is 12.5 Å². The minimum absolute atomic E-state index is 0.379. The molecule has 16 heavy (non-hydrogen) atoms. The van der Waals surface area contributed by atoms with E-state index < -0.39 is 6.09 Å². The number of rotatable bonds is 5. The maximum Gasteiger partial charge on any atom is 0.409 e. The second kappa shape index (κ2) is 5.97. The van der Waals surface area contributed by atoms with Gasteiger partial charge in [-0.1, -0.05) is 0 Å². The molecule has 0 aromatic heterocycles. The molecule has 0 heterocycles. The third-order valence-corrected chi connectivity index (χ3v) is 1.91. The number of hydrogen-bond acceptors (Lipinski definition) is 3. The number of carbonyl (C=O) groups is 1. The smallest absolute Gasteiger partial charge is 0.409 e. The Hall–Kier alpha value is -1.75. The zero-order chi connectivity index (χ0) is 12.0. The molecule has 0 saturated carbocycles. The van der Waals surface area contributed by atoms with Gasteiger partial charge in [-0.25, -0.2) is 4.79 Å². The lowest BCUT2D eigenvalue weighted by atomic mass is 10.2. The third-order valence-electron chi connectivity index (χ3n) is 1.91. The van der Waals surface area contributed by atoms with Gasteiger partial charge >= 0.3 is 6.09 Å². The summed E-state index contributed by atoms with van der Waals surface area (Å²) in [6, 6.07) is 5.07. The van der Waals surface area contributed by atoms with E-state index in [1.54, 1.807) is 25.3 Å². The summed E-state index contributed by atoms with van der Waals surface area (Å²) in [5.41, 5.74) is 1.32. The lowest BCUT2D eigenvalue weighted by molar-refractivity contribution is 0.180. The molecule has 88 valence electrons. The van der Waals surface area contributed by atoms with E-state index in [-0.39, 0.29) is 0 Å². The minimum atomic E-state index is -1.09. The van der Waals surface area contributed by atoms with Gasteiger partial charge in [0.05, 0.1) is 13.2 Å². The van der Waals surface area contributed by atoms with Gasteiger partial charge in [-0.2, -0.15) is 0 Å². The lowest BCUT2D eigenvalue weighted by Crippen LogP contribution is -2.08. The molecule has 5 heteroatoms. The molecule has 0 bridgehead atoms. The molecule has 0 unspecified atom stereocenters. The van der Waals surface area contributed by atoms with Crippen molar-refractivity contribution in [1.82, 2.24) is 0 Å². The van der Waals surface area contributed by atoms with Crippen molar-refractivity contribution in [3.63, 3.8) is 0 Å². The monoisotopic (exact) mass is 225 g/mol. The highest BCUT2D eigenvalue weighted by Gasteiger charge is 2.06. The number of benzene rings is 1. The summed E-state index contributed by atoms with van der Waals surface area (Å²) in [5, 5.41) is 10.9. The number of nitrogens with one attached hydrogen (secondary N) is 1. The second-order valence-electron chi connectivity index (χ2n) is 3.12. The predicted octanol–water partition coefficient (Wildman–Crippen LogP) is 2.32. The van der Waals surface area contributed by atoms with E-state index in [9.17, 15) is 4.79 Å². The molecule has 0 spiro atoms. The highest BCUT2D eigenvalue weighted by molar-refractivity contribution is 5.83. The van der Waals surface area contributed by atoms with Gasteiger partial charge in [0.1, 0.15) is 5.75 Å². The van der Waals surface area contributed by atoms with Gasteiger partial charge in [0, 0.05) is 18.4 Å². The van der Waals surface area contributed by atoms with Gasteiger partial charge in [0.15, 0.2) is 0 Å². The highest BCUT2D eigenvalue weighted by Crippen LogP contribution is 2.23. The van der Waals surface area contributed by atoms with Crippen molar-refractivity contribution in [3.05, 3.63) is 23.8 Å². The molecular formula is C11H15NO4. The van der Waals surface area contributed by atoms with Crippen molar-refractivity contribution in [2.75, 3.05) is 19.0 Å². The lowest BCUT2D eigenvalue weighted by Gasteiger charge is -2.11. The van der Waals surface area contributed by atoms with E-state index in [1.165, 1.54) is 0 Å². The van der Waals surface area contributed by atoms with Crippen molar-refractivity contribution >= 4 is 11.8 Å². The van der Waals surface area contributed by atoms with Crippen LogP contribution in [0.2, 0.25) is 0 Å². The van der Waals surface area contributed by atoms with Crippen LogP contribution in [0.25, 0.3) is 0 Å². The Bertz CT molecular complexity index is 365. The van der Waals surface area contributed by atoms with E-state index in [1.807, 2.05) is 6.92 Å². The molecule has 1 aromatic carbocycles. The molecule has 0 aliphatic carbocycles. The summed E-state index contributed by atoms with van der Waals surface area (Å²) >= 11 is 0. The molecule has 2 N–H and O–H groups in total. The van der Waals surface area contributed by atoms with Gasteiger partial charge in [0.25, 0.3) is 0 Å². The highest BCUT2D eigenvalue weighted by atomic mass is 16.5. The van der Waals surface area contributed by atoms with Crippen LogP contribution < -0.4 is 10.1 Å². The fourth-order valence-electron chi connectivity index (χ4n) is 1.35. The molecular weight excluding hydrogens is 210 g/mol. The van der Waals surface area contributed by atoms with Crippen molar-refractivity contribution in [2.45, 2.75) is 13.5 Å². The number of ether oxygens (including phenoxy) is 2. The van der Waals surface area contributed by atoms with Crippen LogP contribution >= 0.6 is 0 Å². The Morgan fingerprint density at radius 1 is 1.50 bits per heavy atom. The average molecular weight is 225 g/mol. The van der Waals surface area contributed by atoms with Crippen molar-refractivity contribution < 1.29 is 19.4 Å². The standard InChI is InChI=1S/C11H15NO4/c1-3-16-10-5-4-9(12-11(13)14)6-8(10)7-15-2/h4-6,12H,3,7H2,1-2H3,(H,13,14). The first-order valence-electron chi connectivity index (χ1n) is 4.92. The van der Waals surface area contributed by atoms with E-state index >= 15 is 0 Å². The zero-order valence-corrected chi connectivity index (χ0v) is 9.32. The van der Waals surface area contributed by atoms with Crippen molar-refractivity contribution in [1.29, 1.82) is 0 Å². The summed E-state index contributed by atoms with van der Waals surface area (Å²) in [4.78, 5) is 10.5. The van der Waals surface area contributed by atoms with Crippen molar-refractivity contribution in [2.24, 2.45) is 0 Å². The van der Waals surface area contributed by atoms with Crippen LogP contribution in [-0.4, -0.2) is 24.9 Å². The molecule has 5 nitrogen and oxygen atoms in total. The molecule has 1 amide bonds. The molecule has 1 rings (SSSR count). The summed E-state index contributed by atoms with van der Waals surface area (Å²) in [5.74, 6) is 0.709. The maximum atomic E-state index is 10.5. The number of anilines is 1. The first-order chi connectivity index (χ1) is 7.67. The largest absolute Gasteiger partial charge is 0.494 e. The molecule has 0 radical (unpaired) electrons. The zero-order valence-electron chi connectivity index (χ0n) is 9.32.